The van der Waals surface area contributed by atoms with E-state index < -0.39 is 0 Å². The normalized spacial score (nSPS) is 11.6. The van der Waals surface area contributed by atoms with Crippen molar-refractivity contribution in [1.82, 2.24) is 9.97 Å². The molecule has 0 aliphatic rings. The second-order valence-corrected chi connectivity index (χ2v) is 6.49. The second kappa shape index (κ2) is 5.64. The second-order valence-electron chi connectivity index (χ2n) is 4.60. The lowest BCUT2D eigenvalue weighted by molar-refractivity contribution is 1.24. The van der Waals surface area contributed by atoms with Gasteiger partial charge in [-0.05, 0) is 31.5 Å². The van der Waals surface area contributed by atoms with Crippen molar-refractivity contribution < 1.29 is 0 Å². The minimum atomic E-state index is 0.517. The van der Waals surface area contributed by atoms with E-state index in [-0.39, 0.29) is 0 Å². The largest absolute Gasteiger partial charge is 0.337 e. The lowest BCUT2D eigenvalue weighted by atomic mass is 10.2. The third kappa shape index (κ3) is 2.94. The zero-order valence-electron chi connectivity index (χ0n) is 11.5. The van der Waals surface area contributed by atoms with Crippen LogP contribution in [0.1, 0.15) is 16.3 Å². The van der Waals surface area contributed by atoms with Crippen molar-refractivity contribution in [3.05, 3.63) is 46.0 Å². The van der Waals surface area contributed by atoms with E-state index >= 15 is 0 Å². The molecule has 2 heterocycles. The van der Waals surface area contributed by atoms with E-state index in [9.17, 15) is 5.26 Å². The Morgan fingerprint density at radius 3 is 2.90 bits per heavy atom. The van der Waals surface area contributed by atoms with Crippen molar-refractivity contribution in [2.75, 3.05) is 5.32 Å². The Hall–Kier alpha value is -2.23. The summed E-state index contributed by atoms with van der Waals surface area (Å²) < 4.78 is 1.13. The van der Waals surface area contributed by atoms with E-state index in [1.807, 2.05) is 24.4 Å². The fraction of sp³-hybridized carbons (Fsp3) is 0.133. The van der Waals surface area contributed by atoms with Crippen molar-refractivity contribution in [3.8, 4) is 6.07 Å². The number of nitriles is 1. The molecule has 0 radical (unpaired) electrons. The predicted octanol–water partition coefficient (Wildman–Crippen LogP) is 4.35. The molecule has 0 unspecified atom stereocenters. The van der Waals surface area contributed by atoms with Gasteiger partial charge in [0.2, 0.25) is 0 Å². The van der Waals surface area contributed by atoms with Crippen LogP contribution < -0.4 is 5.32 Å². The zero-order valence-corrected chi connectivity index (χ0v) is 13.2. The number of allylic oxidation sites excluding steroid dienone is 1. The van der Waals surface area contributed by atoms with E-state index in [0.717, 1.165) is 26.0 Å². The summed E-state index contributed by atoms with van der Waals surface area (Å²) in [7, 11) is 0. The van der Waals surface area contributed by atoms with Crippen LogP contribution in [0.4, 0.5) is 5.13 Å². The first-order valence-electron chi connectivity index (χ1n) is 6.32. The number of rotatable bonds is 3. The number of hydrogen-bond acceptors (Lipinski definition) is 6. The Kier molecular flexibility index (Phi) is 3.69. The van der Waals surface area contributed by atoms with Crippen LogP contribution in [0.15, 0.2) is 29.8 Å². The SMILES string of the molecule is Cc1ccc2nc(N/C=C(\C#N)c3nc(C)cs3)sc2c1. The van der Waals surface area contributed by atoms with E-state index in [1.165, 1.54) is 16.9 Å². The van der Waals surface area contributed by atoms with Gasteiger partial charge in [0, 0.05) is 17.3 Å². The van der Waals surface area contributed by atoms with Crippen molar-refractivity contribution in [2.24, 2.45) is 0 Å². The van der Waals surface area contributed by atoms with Gasteiger partial charge in [0.25, 0.3) is 0 Å². The summed E-state index contributed by atoms with van der Waals surface area (Å²) in [4.78, 5) is 8.81. The molecule has 0 aliphatic carbocycles. The molecular formula is C15H12N4S2. The number of nitrogens with zero attached hydrogens (tertiary/aromatic N) is 3. The number of fused-ring (bicyclic) bond motifs is 1. The number of anilines is 1. The number of thiazole rings is 2. The van der Waals surface area contributed by atoms with Gasteiger partial charge in [0.05, 0.1) is 10.2 Å². The maximum Gasteiger partial charge on any atom is 0.187 e. The van der Waals surface area contributed by atoms with Crippen molar-refractivity contribution in [2.45, 2.75) is 13.8 Å². The van der Waals surface area contributed by atoms with Crippen LogP contribution in [0.3, 0.4) is 0 Å². The zero-order chi connectivity index (χ0) is 14.8. The highest BCUT2D eigenvalue weighted by atomic mass is 32.1. The highest BCUT2D eigenvalue weighted by Gasteiger charge is 2.07. The molecule has 0 aliphatic heterocycles. The minimum absolute atomic E-state index is 0.517. The molecule has 0 bridgehead atoms. The van der Waals surface area contributed by atoms with E-state index in [4.69, 9.17) is 0 Å². The summed E-state index contributed by atoms with van der Waals surface area (Å²) in [5, 5.41) is 15.8. The summed E-state index contributed by atoms with van der Waals surface area (Å²) in [5.41, 5.74) is 3.62. The summed E-state index contributed by atoms with van der Waals surface area (Å²) >= 11 is 3.04. The monoisotopic (exact) mass is 312 g/mol. The topological polar surface area (TPSA) is 61.6 Å². The first kappa shape index (κ1) is 13.7. The van der Waals surface area contributed by atoms with Gasteiger partial charge in [0.1, 0.15) is 16.6 Å². The smallest absolute Gasteiger partial charge is 0.187 e. The molecule has 0 spiro atoms. The Labute approximate surface area is 130 Å². The molecule has 104 valence electrons. The summed E-state index contributed by atoms with van der Waals surface area (Å²) in [5.74, 6) is 0. The Morgan fingerprint density at radius 2 is 2.19 bits per heavy atom. The molecule has 3 aromatic rings. The van der Waals surface area contributed by atoms with Crippen LogP contribution in [0.2, 0.25) is 0 Å². The van der Waals surface area contributed by atoms with E-state index in [2.05, 4.69) is 34.3 Å². The molecule has 1 N–H and O–H groups in total. The van der Waals surface area contributed by atoms with Crippen LogP contribution in [0.25, 0.3) is 15.8 Å². The first-order chi connectivity index (χ1) is 10.2. The molecule has 2 aromatic heterocycles. The predicted molar refractivity (Wildman–Crippen MR) is 88.4 cm³/mol. The van der Waals surface area contributed by atoms with Gasteiger partial charge in [0.15, 0.2) is 5.13 Å². The van der Waals surface area contributed by atoms with Crippen LogP contribution in [-0.4, -0.2) is 9.97 Å². The van der Waals surface area contributed by atoms with Gasteiger partial charge in [-0.3, -0.25) is 0 Å². The van der Waals surface area contributed by atoms with Crippen LogP contribution in [0, 0.1) is 25.2 Å². The fourth-order valence-electron chi connectivity index (χ4n) is 1.85. The highest BCUT2D eigenvalue weighted by molar-refractivity contribution is 7.22. The highest BCUT2D eigenvalue weighted by Crippen LogP contribution is 2.27. The molecule has 0 fully saturated rings. The molecule has 0 amide bonds. The third-order valence-corrected chi connectivity index (χ3v) is 4.80. The Morgan fingerprint density at radius 1 is 1.33 bits per heavy atom. The molecule has 4 nitrogen and oxygen atoms in total. The molecule has 0 saturated carbocycles. The summed E-state index contributed by atoms with van der Waals surface area (Å²) in [6, 6.07) is 8.32. The van der Waals surface area contributed by atoms with Gasteiger partial charge >= 0.3 is 0 Å². The standard InChI is InChI=1S/C15H12N4S2/c1-9-3-4-12-13(5-9)21-15(19-12)17-7-11(6-16)14-18-10(2)8-20-14/h3-5,7-8H,1-2H3,(H,17,19)/b11-7+. The third-order valence-electron chi connectivity index (χ3n) is 2.85. The van der Waals surface area contributed by atoms with E-state index in [0.29, 0.717) is 5.57 Å². The Bertz CT molecular complexity index is 867. The van der Waals surface area contributed by atoms with Gasteiger partial charge in [-0.2, -0.15) is 5.26 Å². The number of aromatic nitrogens is 2. The van der Waals surface area contributed by atoms with Gasteiger partial charge < -0.3 is 5.32 Å². The minimum Gasteiger partial charge on any atom is -0.337 e. The molecular weight excluding hydrogens is 300 g/mol. The number of nitrogens with one attached hydrogen (secondary N) is 1. The molecule has 0 atom stereocenters. The van der Waals surface area contributed by atoms with Crippen molar-refractivity contribution in [3.63, 3.8) is 0 Å². The molecule has 1 aromatic carbocycles. The number of aryl methyl sites for hydroxylation is 2. The van der Waals surface area contributed by atoms with Crippen LogP contribution in [0.5, 0.6) is 0 Å². The summed E-state index contributed by atoms with van der Waals surface area (Å²) in [6.07, 6.45) is 1.67. The van der Waals surface area contributed by atoms with Gasteiger partial charge in [-0.25, -0.2) is 9.97 Å². The number of hydrogen-bond donors (Lipinski definition) is 1. The van der Waals surface area contributed by atoms with Crippen LogP contribution >= 0.6 is 22.7 Å². The van der Waals surface area contributed by atoms with Crippen molar-refractivity contribution in [1.29, 1.82) is 5.26 Å². The lowest BCUT2D eigenvalue weighted by Crippen LogP contribution is -1.90. The van der Waals surface area contributed by atoms with Crippen molar-refractivity contribution >= 4 is 43.6 Å². The Balaban J connectivity index is 1.87. The maximum atomic E-state index is 9.23. The summed E-state index contributed by atoms with van der Waals surface area (Å²) in [6.45, 7) is 3.98. The number of benzene rings is 1. The van der Waals surface area contributed by atoms with Gasteiger partial charge in [-0.15, -0.1) is 11.3 Å². The van der Waals surface area contributed by atoms with Gasteiger partial charge in [-0.1, -0.05) is 17.4 Å². The maximum absolute atomic E-state index is 9.23. The average molecular weight is 312 g/mol. The molecule has 21 heavy (non-hydrogen) atoms. The van der Waals surface area contributed by atoms with E-state index in [1.54, 1.807) is 17.5 Å². The molecule has 3 rings (SSSR count). The van der Waals surface area contributed by atoms with Crippen LogP contribution in [-0.2, 0) is 0 Å². The average Bonchev–Trinajstić information content (AvgIpc) is 3.05. The lowest BCUT2D eigenvalue weighted by Gasteiger charge is -1.95. The first-order valence-corrected chi connectivity index (χ1v) is 8.02. The quantitative estimate of drug-likeness (QED) is 0.730. The fourth-order valence-corrected chi connectivity index (χ4v) is 3.54. The molecule has 6 heteroatoms. The molecule has 0 saturated heterocycles.